The minimum Gasteiger partial charge on any atom is -0.432 e. The average Bonchev–Trinajstić information content (AvgIpc) is 3.02. The second-order valence-electron chi connectivity index (χ2n) is 5.44. The smallest absolute Gasteiger partial charge is 0.338 e. The maximum absolute atomic E-state index is 11.7. The second kappa shape index (κ2) is 5.61. The van der Waals surface area contributed by atoms with Crippen molar-refractivity contribution >= 4 is 22.8 Å². The highest BCUT2D eigenvalue weighted by molar-refractivity contribution is 8.13. The summed E-state index contributed by atoms with van der Waals surface area (Å²) < 4.78 is 10.4. The minimum atomic E-state index is -0.890. The molecule has 1 saturated heterocycles. The zero-order valence-corrected chi connectivity index (χ0v) is 11.8. The monoisotopic (exact) mass is 272 g/mol. The van der Waals surface area contributed by atoms with Gasteiger partial charge in [0.25, 0.3) is 0 Å². The second-order valence-corrected chi connectivity index (χ2v) is 6.59. The molecule has 0 amide bonds. The molecular weight excluding hydrogens is 252 g/mol. The van der Waals surface area contributed by atoms with Crippen molar-refractivity contribution < 1.29 is 19.1 Å². The molecule has 1 saturated carbocycles. The molecule has 2 fully saturated rings. The van der Waals surface area contributed by atoms with Gasteiger partial charge in [-0.15, -0.1) is 0 Å². The number of carbonyl (C=O) groups is 2. The van der Waals surface area contributed by atoms with E-state index in [0.29, 0.717) is 0 Å². The lowest BCUT2D eigenvalue weighted by Gasteiger charge is -2.14. The molecule has 0 unspecified atom stereocenters. The molecule has 102 valence electrons. The summed E-state index contributed by atoms with van der Waals surface area (Å²) in [5.74, 6) is 0.445. The van der Waals surface area contributed by atoms with Gasteiger partial charge in [0, 0.05) is 19.6 Å². The Balaban J connectivity index is 1.62. The first kappa shape index (κ1) is 13.9. The number of thioether (sulfide) groups is 1. The predicted molar refractivity (Wildman–Crippen MR) is 69.1 cm³/mol. The van der Waals surface area contributed by atoms with E-state index in [1.807, 2.05) is 0 Å². The standard InChI is InChI=1S/C13H20O4S/c1-13(2)16-10(12(15)17-13)8-11(14)18-7-3-4-9-5-6-9/h9-10H,3-8H2,1-2H3/t10-/m1/s1. The van der Waals surface area contributed by atoms with E-state index < -0.39 is 17.9 Å². The summed E-state index contributed by atoms with van der Waals surface area (Å²) in [5.41, 5.74) is 0. The van der Waals surface area contributed by atoms with Crippen molar-refractivity contribution in [3.63, 3.8) is 0 Å². The number of carbonyl (C=O) groups excluding carboxylic acids is 2. The molecule has 1 heterocycles. The third-order valence-electron chi connectivity index (χ3n) is 3.10. The van der Waals surface area contributed by atoms with Crippen molar-refractivity contribution in [1.82, 2.24) is 0 Å². The molecule has 0 aromatic heterocycles. The van der Waals surface area contributed by atoms with Crippen LogP contribution < -0.4 is 0 Å². The molecule has 1 aliphatic heterocycles. The van der Waals surface area contributed by atoms with Gasteiger partial charge in [-0.05, 0) is 18.8 Å². The van der Waals surface area contributed by atoms with Crippen molar-refractivity contribution in [3.8, 4) is 0 Å². The first-order chi connectivity index (χ1) is 8.46. The van der Waals surface area contributed by atoms with E-state index >= 15 is 0 Å². The van der Waals surface area contributed by atoms with Gasteiger partial charge in [-0.1, -0.05) is 24.6 Å². The Kier molecular flexibility index (Phi) is 4.33. The van der Waals surface area contributed by atoms with E-state index in [-0.39, 0.29) is 11.5 Å². The summed E-state index contributed by atoms with van der Waals surface area (Å²) >= 11 is 1.31. The van der Waals surface area contributed by atoms with Crippen LogP contribution in [0.1, 0.15) is 46.0 Å². The summed E-state index contributed by atoms with van der Waals surface area (Å²) in [4.78, 5) is 23.1. The fraction of sp³-hybridized carbons (Fsp3) is 0.846. The molecule has 0 aromatic carbocycles. The number of ether oxygens (including phenoxy) is 2. The topological polar surface area (TPSA) is 52.6 Å². The molecule has 18 heavy (non-hydrogen) atoms. The van der Waals surface area contributed by atoms with Crippen molar-refractivity contribution in [2.24, 2.45) is 5.92 Å². The third kappa shape index (κ3) is 4.28. The lowest BCUT2D eigenvalue weighted by molar-refractivity contribution is -0.160. The lowest BCUT2D eigenvalue weighted by Crippen LogP contribution is -2.22. The van der Waals surface area contributed by atoms with E-state index in [2.05, 4.69) is 0 Å². The molecule has 2 aliphatic rings. The molecule has 2 rings (SSSR count). The molecule has 1 atom stereocenters. The minimum absolute atomic E-state index is 0.0189. The number of rotatable bonds is 6. The Labute approximate surface area is 112 Å². The Morgan fingerprint density at radius 2 is 2.17 bits per heavy atom. The quantitative estimate of drug-likeness (QED) is 0.549. The van der Waals surface area contributed by atoms with Gasteiger partial charge in [0.2, 0.25) is 5.79 Å². The Hall–Kier alpha value is -0.550. The third-order valence-corrected chi connectivity index (χ3v) is 4.09. The zero-order chi connectivity index (χ0) is 13.2. The first-order valence-corrected chi connectivity index (χ1v) is 7.51. The van der Waals surface area contributed by atoms with Crippen LogP contribution in [-0.4, -0.2) is 28.7 Å². The van der Waals surface area contributed by atoms with Crippen molar-refractivity contribution in [3.05, 3.63) is 0 Å². The van der Waals surface area contributed by atoms with Gasteiger partial charge in [-0.25, -0.2) is 4.79 Å². The molecule has 5 heteroatoms. The van der Waals surface area contributed by atoms with Gasteiger partial charge in [0.15, 0.2) is 11.2 Å². The molecule has 0 spiro atoms. The fourth-order valence-corrected chi connectivity index (χ4v) is 2.83. The summed E-state index contributed by atoms with van der Waals surface area (Å²) in [7, 11) is 0. The summed E-state index contributed by atoms with van der Waals surface area (Å²) in [5, 5.41) is 0.0189. The maximum atomic E-state index is 11.7. The summed E-state index contributed by atoms with van der Waals surface area (Å²) in [6, 6.07) is 0. The molecule has 0 bridgehead atoms. The van der Waals surface area contributed by atoms with Gasteiger partial charge in [-0.3, -0.25) is 4.79 Å². The normalized spacial score (nSPS) is 26.1. The highest BCUT2D eigenvalue weighted by Crippen LogP contribution is 2.34. The number of hydrogen-bond acceptors (Lipinski definition) is 5. The number of hydrogen-bond donors (Lipinski definition) is 0. The van der Waals surface area contributed by atoms with Crippen LogP contribution in [0.25, 0.3) is 0 Å². The predicted octanol–water partition coefficient (Wildman–Crippen LogP) is 2.50. The van der Waals surface area contributed by atoms with E-state index in [1.54, 1.807) is 13.8 Å². The Morgan fingerprint density at radius 1 is 1.44 bits per heavy atom. The molecule has 4 nitrogen and oxygen atoms in total. The van der Waals surface area contributed by atoms with Crippen LogP contribution in [0.15, 0.2) is 0 Å². The Morgan fingerprint density at radius 3 is 2.72 bits per heavy atom. The van der Waals surface area contributed by atoms with Gasteiger partial charge in [-0.2, -0.15) is 0 Å². The van der Waals surface area contributed by atoms with E-state index in [1.165, 1.54) is 31.0 Å². The van der Waals surface area contributed by atoms with Crippen LogP contribution >= 0.6 is 11.8 Å². The molecule has 0 radical (unpaired) electrons. The van der Waals surface area contributed by atoms with Gasteiger partial charge in [0.05, 0.1) is 6.42 Å². The zero-order valence-electron chi connectivity index (χ0n) is 10.9. The van der Waals surface area contributed by atoms with Crippen LogP contribution in [0, 0.1) is 5.92 Å². The maximum Gasteiger partial charge on any atom is 0.338 e. The summed E-state index contributed by atoms with van der Waals surface area (Å²) in [6.45, 7) is 3.36. The van der Waals surface area contributed by atoms with Crippen molar-refractivity contribution in [2.45, 2.75) is 57.8 Å². The fourth-order valence-electron chi connectivity index (χ4n) is 2.02. The molecule has 0 N–H and O–H groups in total. The van der Waals surface area contributed by atoms with Crippen LogP contribution in [0.3, 0.4) is 0 Å². The van der Waals surface area contributed by atoms with Crippen LogP contribution in [0.2, 0.25) is 0 Å². The van der Waals surface area contributed by atoms with Crippen molar-refractivity contribution in [1.29, 1.82) is 0 Å². The van der Waals surface area contributed by atoms with E-state index in [4.69, 9.17) is 9.47 Å². The molecule has 0 aromatic rings. The number of cyclic esters (lactones) is 1. The van der Waals surface area contributed by atoms with Crippen LogP contribution in [0.4, 0.5) is 0 Å². The molecular formula is C13H20O4S. The largest absolute Gasteiger partial charge is 0.432 e. The van der Waals surface area contributed by atoms with Crippen molar-refractivity contribution in [2.75, 3.05) is 5.75 Å². The highest BCUT2D eigenvalue weighted by atomic mass is 32.2. The first-order valence-electron chi connectivity index (χ1n) is 6.52. The van der Waals surface area contributed by atoms with Crippen LogP contribution in [0.5, 0.6) is 0 Å². The van der Waals surface area contributed by atoms with Crippen LogP contribution in [-0.2, 0) is 19.1 Å². The SMILES string of the molecule is CC1(C)OC(=O)[C@@H](CC(=O)SCCCC2CC2)O1. The van der Waals surface area contributed by atoms with E-state index in [9.17, 15) is 9.59 Å². The Bertz CT molecular complexity index is 336. The lowest BCUT2D eigenvalue weighted by atomic mass is 10.2. The van der Waals surface area contributed by atoms with E-state index in [0.717, 1.165) is 18.1 Å². The van der Waals surface area contributed by atoms with Gasteiger partial charge < -0.3 is 9.47 Å². The molecule has 1 aliphatic carbocycles. The highest BCUT2D eigenvalue weighted by Gasteiger charge is 2.41. The van der Waals surface area contributed by atoms with Gasteiger partial charge >= 0.3 is 5.97 Å². The van der Waals surface area contributed by atoms with Gasteiger partial charge in [0.1, 0.15) is 0 Å². The summed E-state index contributed by atoms with van der Waals surface area (Å²) in [6.07, 6.45) is 4.43. The average molecular weight is 272 g/mol. The number of esters is 1.